The van der Waals surface area contributed by atoms with Crippen molar-refractivity contribution in [2.75, 3.05) is 13.2 Å². The van der Waals surface area contributed by atoms with Crippen molar-refractivity contribution < 1.29 is 9.53 Å². The standard InChI is InChI=1S/C12H13NO2/c1-2-12-10-6-4-3-5-9(10)11(14)13(12)7-8-15-12/h3-6H,2,7-8H2,1H3. The fourth-order valence-corrected chi connectivity index (χ4v) is 2.69. The van der Waals surface area contributed by atoms with E-state index in [1.54, 1.807) is 0 Å². The van der Waals surface area contributed by atoms with Crippen molar-refractivity contribution in [1.29, 1.82) is 0 Å². The van der Waals surface area contributed by atoms with Crippen molar-refractivity contribution in [3.8, 4) is 0 Å². The largest absolute Gasteiger partial charge is 0.349 e. The Bertz CT molecular complexity index is 429. The number of carbonyl (C=O) groups excluding carboxylic acids is 1. The Morgan fingerprint density at radius 2 is 2.27 bits per heavy atom. The molecule has 2 heterocycles. The minimum absolute atomic E-state index is 0.116. The second kappa shape index (κ2) is 2.83. The highest BCUT2D eigenvalue weighted by Crippen LogP contribution is 2.45. The summed E-state index contributed by atoms with van der Waals surface area (Å²) in [6.07, 6.45) is 0.815. The van der Waals surface area contributed by atoms with Crippen LogP contribution in [0.3, 0.4) is 0 Å². The third kappa shape index (κ3) is 0.913. The number of hydrogen-bond acceptors (Lipinski definition) is 2. The number of benzene rings is 1. The van der Waals surface area contributed by atoms with E-state index in [9.17, 15) is 4.79 Å². The lowest BCUT2D eigenvalue weighted by Gasteiger charge is -2.30. The summed E-state index contributed by atoms with van der Waals surface area (Å²) in [5, 5.41) is 0. The zero-order chi connectivity index (χ0) is 10.5. The van der Waals surface area contributed by atoms with E-state index < -0.39 is 5.72 Å². The Morgan fingerprint density at radius 3 is 3.07 bits per heavy atom. The van der Waals surface area contributed by atoms with E-state index in [0.717, 1.165) is 17.5 Å². The molecule has 0 aliphatic carbocycles. The quantitative estimate of drug-likeness (QED) is 0.695. The molecule has 0 bridgehead atoms. The summed E-state index contributed by atoms with van der Waals surface area (Å²) in [6.45, 7) is 3.42. The van der Waals surface area contributed by atoms with Crippen molar-refractivity contribution in [3.05, 3.63) is 35.4 Å². The first-order chi connectivity index (χ1) is 7.29. The molecule has 0 spiro atoms. The number of hydrogen-bond donors (Lipinski definition) is 0. The fraction of sp³-hybridized carbons (Fsp3) is 0.417. The highest BCUT2D eigenvalue weighted by atomic mass is 16.5. The highest BCUT2D eigenvalue weighted by Gasteiger charge is 2.52. The van der Waals surface area contributed by atoms with Crippen LogP contribution in [0.2, 0.25) is 0 Å². The number of nitrogens with zero attached hydrogens (tertiary/aromatic N) is 1. The predicted octanol–water partition coefficient (Wildman–Crippen LogP) is 1.74. The normalized spacial score (nSPS) is 28.1. The third-order valence-electron chi connectivity index (χ3n) is 3.39. The van der Waals surface area contributed by atoms with Gasteiger partial charge < -0.3 is 9.64 Å². The number of amides is 1. The summed E-state index contributed by atoms with van der Waals surface area (Å²) >= 11 is 0. The Hall–Kier alpha value is -1.35. The molecule has 15 heavy (non-hydrogen) atoms. The van der Waals surface area contributed by atoms with Gasteiger partial charge in [-0.2, -0.15) is 0 Å². The van der Waals surface area contributed by atoms with Crippen LogP contribution in [-0.2, 0) is 10.5 Å². The lowest BCUT2D eigenvalue weighted by molar-refractivity contribution is -0.0679. The second-order valence-corrected chi connectivity index (χ2v) is 3.99. The van der Waals surface area contributed by atoms with Gasteiger partial charge in [-0.3, -0.25) is 4.79 Å². The molecule has 0 saturated carbocycles. The maximum absolute atomic E-state index is 12.1. The van der Waals surface area contributed by atoms with Gasteiger partial charge in [-0.25, -0.2) is 0 Å². The van der Waals surface area contributed by atoms with Gasteiger partial charge in [0, 0.05) is 17.7 Å². The van der Waals surface area contributed by atoms with Crippen molar-refractivity contribution in [3.63, 3.8) is 0 Å². The molecule has 1 unspecified atom stereocenters. The summed E-state index contributed by atoms with van der Waals surface area (Å²) in [5.74, 6) is 0.116. The SMILES string of the molecule is CCC12OCCN1C(=O)c1ccccc12. The molecule has 1 fully saturated rings. The van der Waals surface area contributed by atoms with E-state index in [4.69, 9.17) is 4.74 Å². The Kier molecular flexibility index (Phi) is 1.68. The second-order valence-electron chi connectivity index (χ2n) is 3.99. The van der Waals surface area contributed by atoms with Crippen molar-refractivity contribution in [1.82, 2.24) is 4.90 Å². The van der Waals surface area contributed by atoms with Gasteiger partial charge in [0.1, 0.15) is 0 Å². The predicted molar refractivity (Wildman–Crippen MR) is 55.4 cm³/mol. The highest BCUT2D eigenvalue weighted by molar-refractivity contribution is 5.99. The molecule has 0 radical (unpaired) electrons. The molecular formula is C12H13NO2. The molecule has 0 N–H and O–H groups in total. The third-order valence-corrected chi connectivity index (χ3v) is 3.39. The van der Waals surface area contributed by atoms with Crippen LogP contribution in [0.25, 0.3) is 0 Å². The Balaban J connectivity index is 2.24. The summed E-state index contributed by atoms with van der Waals surface area (Å²) in [5.41, 5.74) is 1.38. The van der Waals surface area contributed by atoms with E-state index in [-0.39, 0.29) is 5.91 Å². The average Bonchev–Trinajstić information content (AvgIpc) is 2.80. The Morgan fingerprint density at radius 1 is 1.47 bits per heavy atom. The van der Waals surface area contributed by atoms with Crippen LogP contribution in [0.15, 0.2) is 24.3 Å². The zero-order valence-electron chi connectivity index (χ0n) is 8.69. The molecule has 1 aromatic carbocycles. The molecule has 2 aliphatic heterocycles. The van der Waals surface area contributed by atoms with E-state index in [1.165, 1.54) is 0 Å². The zero-order valence-corrected chi connectivity index (χ0v) is 8.69. The number of carbonyl (C=O) groups is 1. The van der Waals surface area contributed by atoms with E-state index in [1.807, 2.05) is 29.2 Å². The number of ether oxygens (including phenoxy) is 1. The summed E-state index contributed by atoms with van der Waals surface area (Å²) in [7, 11) is 0. The first-order valence-corrected chi connectivity index (χ1v) is 5.35. The molecule has 3 heteroatoms. The molecular weight excluding hydrogens is 190 g/mol. The number of rotatable bonds is 1. The van der Waals surface area contributed by atoms with Crippen LogP contribution in [0, 0.1) is 0 Å². The molecule has 2 aliphatic rings. The van der Waals surface area contributed by atoms with Crippen LogP contribution in [0.1, 0.15) is 29.3 Å². The van der Waals surface area contributed by atoms with Gasteiger partial charge in [-0.1, -0.05) is 25.1 Å². The molecule has 0 aromatic heterocycles. The molecule has 78 valence electrons. The average molecular weight is 203 g/mol. The monoisotopic (exact) mass is 203 g/mol. The maximum Gasteiger partial charge on any atom is 0.256 e. The van der Waals surface area contributed by atoms with Crippen LogP contribution in [-0.4, -0.2) is 24.0 Å². The summed E-state index contributed by atoms with van der Waals surface area (Å²) in [4.78, 5) is 13.9. The summed E-state index contributed by atoms with van der Waals surface area (Å²) < 4.78 is 5.82. The minimum atomic E-state index is -0.465. The molecule has 1 amide bonds. The van der Waals surface area contributed by atoms with E-state index in [2.05, 4.69) is 6.92 Å². The van der Waals surface area contributed by atoms with Gasteiger partial charge in [-0.05, 0) is 12.5 Å². The first-order valence-electron chi connectivity index (χ1n) is 5.35. The van der Waals surface area contributed by atoms with Crippen molar-refractivity contribution in [2.24, 2.45) is 0 Å². The van der Waals surface area contributed by atoms with Crippen LogP contribution >= 0.6 is 0 Å². The number of fused-ring (bicyclic) bond motifs is 3. The molecule has 3 nitrogen and oxygen atoms in total. The van der Waals surface area contributed by atoms with Gasteiger partial charge in [0.2, 0.25) is 0 Å². The summed E-state index contributed by atoms with van der Waals surface area (Å²) in [6, 6.07) is 7.76. The molecule has 3 rings (SSSR count). The van der Waals surface area contributed by atoms with Crippen LogP contribution in [0.4, 0.5) is 0 Å². The van der Waals surface area contributed by atoms with Gasteiger partial charge >= 0.3 is 0 Å². The molecule has 1 atom stereocenters. The smallest absolute Gasteiger partial charge is 0.256 e. The maximum atomic E-state index is 12.1. The lowest BCUT2D eigenvalue weighted by atomic mass is 9.99. The van der Waals surface area contributed by atoms with Crippen molar-refractivity contribution in [2.45, 2.75) is 19.1 Å². The topological polar surface area (TPSA) is 29.5 Å². The minimum Gasteiger partial charge on any atom is -0.349 e. The lowest BCUT2D eigenvalue weighted by Crippen LogP contribution is -2.38. The Labute approximate surface area is 88.6 Å². The van der Waals surface area contributed by atoms with Gasteiger partial charge in [0.05, 0.1) is 6.61 Å². The van der Waals surface area contributed by atoms with Crippen LogP contribution in [0.5, 0.6) is 0 Å². The van der Waals surface area contributed by atoms with E-state index >= 15 is 0 Å². The van der Waals surface area contributed by atoms with Gasteiger partial charge in [0.15, 0.2) is 5.72 Å². The van der Waals surface area contributed by atoms with Crippen LogP contribution < -0.4 is 0 Å². The first kappa shape index (κ1) is 8.92. The van der Waals surface area contributed by atoms with Crippen molar-refractivity contribution >= 4 is 5.91 Å². The van der Waals surface area contributed by atoms with Gasteiger partial charge in [0.25, 0.3) is 5.91 Å². The van der Waals surface area contributed by atoms with Gasteiger partial charge in [-0.15, -0.1) is 0 Å². The molecule has 1 saturated heterocycles. The molecule has 1 aromatic rings. The fourth-order valence-electron chi connectivity index (χ4n) is 2.69. The van der Waals surface area contributed by atoms with E-state index in [0.29, 0.717) is 13.2 Å².